The summed E-state index contributed by atoms with van der Waals surface area (Å²) in [4.78, 5) is 26.1. The number of nitrogens with one attached hydrogen (secondary N) is 2. The molecular formula is C17H22FN3O3S. The first-order valence-corrected chi connectivity index (χ1v) is 9.38. The molecule has 0 radical (unpaired) electrons. The molecule has 1 fully saturated rings. The first kappa shape index (κ1) is 17.8. The third-order valence-corrected chi connectivity index (χ3v) is 5.75. The first-order valence-electron chi connectivity index (χ1n) is 8.39. The largest absolute Gasteiger partial charge is 0.453 e. The SMILES string of the molecule is COC(=O)N1CCC(NC(=O)N[C@@H]2CCSc3c(F)cccc32)CC1. The fraction of sp³-hybridized carbons (Fsp3) is 0.529. The van der Waals surface area contributed by atoms with E-state index in [1.807, 2.05) is 6.07 Å². The van der Waals surface area contributed by atoms with Gasteiger partial charge in [-0.05, 0) is 30.9 Å². The molecule has 1 saturated heterocycles. The maximum absolute atomic E-state index is 13.9. The first-order chi connectivity index (χ1) is 12.1. The molecule has 6 nitrogen and oxygen atoms in total. The molecule has 1 aromatic rings. The Bertz CT molecular complexity index is 650. The smallest absolute Gasteiger partial charge is 0.409 e. The van der Waals surface area contributed by atoms with Gasteiger partial charge < -0.3 is 20.3 Å². The van der Waals surface area contributed by atoms with Crippen molar-refractivity contribution in [3.05, 3.63) is 29.6 Å². The lowest BCUT2D eigenvalue weighted by atomic mass is 10.0. The minimum absolute atomic E-state index is 0.0193. The Labute approximate surface area is 150 Å². The number of halogens is 1. The van der Waals surface area contributed by atoms with Gasteiger partial charge in [0.15, 0.2) is 0 Å². The molecule has 2 aliphatic rings. The highest BCUT2D eigenvalue weighted by atomic mass is 32.2. The molecule has 0 aromatic heterocycles. The van der Waals surface area contributed by atoms with Gasteiger partial charge >= 0.3 is 12.1 Å². The zero-order chi connectivity index (χ0) is 17.8. The van der Waals surface area contributed by atoms with Crippen LogP contribution in [0.4, 0.5) is 14.0 Å². The van der Waals surface area contributed by atoms with E-state index in [0.29, 0.717) is 30.8 Å². The van der Waals surface area contributed by atoms with Gasteiger partial charge in [0.05, 0.1) is 13.2 Å². The summed E-state index contributed by atoms with van der Waals surface area (Å²) >= 11 is 1.49. The number of ether oxygens (including phenoxy) is 1. The summed E-state index contributed by atoms with van der Waals surface area (Å²) in [6.45, 7) is 1.12. The molecular weight excluding hydrogens is 345 g/mol. The Morgan fingerprint density at radius 1 is 1.24 bits per heavy atom. The topological polar surface area (TPSA) is 70.7 Å². The number of fused-ring (bicyclic) bond motifs is 1. The normalized spacial score (nSPS) is 20.6. The standard InChI is InChI=1S/C17H22FN3O3S/c1-24-17(23)21-8-5-11(6-9-21)19-16(22)20-14-7-10-25-15-12(14)3-2-4-13(15)18/h2-4,11,14H,5-10H2,1H3,(H2,19,20,22)/t14-/m1/s1. The second kappa shape index (κ2) is 7.95. The van der Waals surface area contributed by atoms with Gasteiger partial charge in [0.25, 0.3) is 0 Å². The average molecular weight is 367 g/mol. The maximum atomic E-state index is 13.9. The Morgan fingerprint density at radius 3 is 2.72 bits per heavy atom. The number of carbonyl (C=O) groups is 2. The van der Waals surface area contributed by atoms with E-state index in [-0.39, 0.29) is 30.0 Å². The summed E-state index contributed by atoms with van der Waals surface area (Å²) in [5, 5.41) is 5.92. The van der Waals surface area contributed by atoms with Gasteiger partial charge in [-0.3, -0.25) is 0 Å². The van der Waals surface area contributed by atoms with E-state index < -0.39 is 0 Å². The predicted molar refractivity (Wildman–Crippen MR) is 93.1 cm³/mol. The third-order valence-electron chi connectivity index (χ3n) is 4.59. The minimum atomic E-state index is -0.332. The summed E-state index contributed by atoms with van der Waals surface area (Å²) in [5.74, 6) is 0.542. The molecule has 3 amide bonds. The Kier molecular flexibility index (Phi) is 5.67. The molecule has 0 aliphatic carbocycles. The number of likely N-dealkylation sites (tertiary alicyclic amines) is 1. The van der Waals surface area contributed by atoms with E-state index in [9.17, 15) is 14.0 Å². The number of rotatable bonds is 2. The zero-order valence-corrected chi connectivity index (χ0v) is 14.9. The Morgan fingerprint density at radius 2 is 2.00 bits per heavy atom. The molecule has 8 heteroatoms. The van der Waals surface area contributed by atoms with Crippen LogP contribution in [0, 0.1) is 5.82 Å². The molecule has 3 rings (SSSR count). The van der Waals surface area contributed by atoms with E-state index in [2.05, 4.69) is 10.6 Å². The highest BCUT2D eigenvalue weighted by molar-refractivity contribution is 7.99. The van der Waals surface area contributed by atoms with Crippen molar-refractivity contribution in [2.24, 2.45) is 0 Å². The molecule has 1 aromatic carbocycles. The molecule has 2 aliphatic heterocycles. The number of piperidine rings is 1. The van der Waals surface area contributed by atoms with Crippen LogP contribution in [0.15, 0.2) is 23.1 Å². The number of methoxy groups -OCH3 is 1. The number of hydrogen-bond acceptors (Lipinski definition) is 4. The van der Waals surface area contributed by atoms with Crippen LogP contribution in [0.5, 0.6) is 0 Å². The van der Waals surface area contributed by atoms with Gasteiger partial charge in [-0.15, -0.1) is 11.8 Å². The van der Waals surface area contributed by atoms with Crippen molar-refractivity contribution < 1.29 is 18.7 Å². The maximum Gasteiger partial charge on any atom is 0.409 e. The number of hydrogen-bond donors (Lipinski definition) is 2. The van der Waals surface area contributed by atoms with Crippen LogP contribution in [0.25, 0.3) is 0 Å². The predicted octanol–water partition coefficient (Wildman–Crippen LogP) is 2.89. The van der Waals surface area contributed by atoms with Crippen LogP contribution in [-0.2, 0) is 4.74 Å². The monoisotopic (exact) mass is 367 g/mol. The van der Waals surface area contributed by atoms with Gasteiger partial charge in [0.1, 0.15) is 5.82 Å². The van der Waals surface area contributed by atoms with Gasteiger partial charge in [-0.2, -0.15) is 0 Å². The summed E-state index contributed by atoms with van der Waals surface area (Å²) in [6.07, 6.45) is 1.82. The number of carbonyl (C=O) groups excluding carboxylic acids is 2. The van der Waals surface area contributed by atoms with Crippen molar-refractivity contribution in [1.82, 2.24) is 15.5 Å². The van der Waals surface area contributed by atoms with Crippen LogP contribution in [0.1, 0.15) is 30.9 Å². The highest BCUT2D eigenvalue weighted by Gasteiger charge is 2.27. The van der Waals surface area contributed by atoms with Gasteiger partial charge in [-0.1, -0.05) is 12.1 Å². The van der Waals surface area contributed by atoms with Crippen LogP contribution >= 0.6 is 11.8 Å². The number of benzene rings is 1. The van der Waals surface area contributed by atoms with Gasteiger partial charge in [-0.25, -0.2) is 14.0 Å². The van der Waals surface area contributed by atoms with Gasteiger partial charge in [0.2, 0.25) is 0 Å². The molecule has 25 heavy (non-hydrogen) atoms. The summed E-state index contributed by atoms with van der Waals surface area (Å²) in [7, 11) is 1.36. The molecule has 1 atom stereocenters. The lowest BCUT2D eigenvalue weighted by Crippen LogP contribution is -2.49. The number of amides is 3. The lowest BCUT2D eigenvalue weighted by molar-refractivity contribution is 0.110. The third kappa shape index (κ3) is 4.18. The van der Waals surface area contributed by atoms with E-state index in [4.69, 9.17) is 4.74 Å². The number of urea groups is 1. The van der Waals surface area contributed by atoms with Crippen molar-refractivity contribution in [1.29, 1.82) is 0 Å². The Hall–Kier alpha value is -1.96. The Balaban J connectivity index is 1.53. The number of thioether (sulfide) groups is 1. The molecule has 2 N–H and O–H groups in total. The zero-order valence-electron chi connectivity index (χ0n) is 14.1. The van der Waals surface area contributed by atoms with Gasteiger partial charge in [0, 0.05) is 29.8 Å². The molecule has 0 saturated carbocycles. The van der Waals surface area contributed by atoms with Crippen molar-refractivity contribution in [2.45, 2.75) is 36.2 Å². The second-order valence-electron chi connectivity index (χ2n) is 6.20. The summed E-state index contributed by atoms with van der Waals surface area (Å²) < 4.78 is 18.6. The molecule has 0 unspecified atom stereocenters. The molecule has 0 spiro atoms. The van der Waals surface area contributed by atoms with E-state index in [1.165, 1.54) is 24.9 Å². The van der Waals surface area contributed by atoms with Crippen molar-refractivity contribution >= 4 is 23.9 Å². The van der Waals surface area contributed by atoms with Crippen LogP contribution < -0.4 is 10.6 Å². The van der Waals surface area contributed by atoms with Crippen molar-refractivity contribution in [3.8, 4) is 0 Å². The quantitative estimate of drug-likeness (QED) is 0.843. The van der Waals surface area contributed by atoms with Crippen molar-refractivity contribution in [3.63, 3.8) is 0 Å². The van der Waals surface area contributed by atoms with E-state index in [0.717, 1.165) is 17.7 Å². The van der Waals surface area contributed by atoms with Crippen LogP contribution in [0.3, 0.4) is 0 Å². The van der Waals surface area contributed by atoms with Crippen LogP contribution in [0.2, 0.25) is 0 Å². The average Bonchev–Trinajstić information content (AvgIpc) is 2.62. The fourth-order valence-electron chi connectivity index (χ4n) is 3.26. The van der Waals surface area contributed by atoms with Crippen molar-refractivity contribution in [2.75, 3.05) is 26.0 Å². The van der Waals surface area contributed by atoms with E-state index in [1.54, 1.807) is 11.0 Å². The number of nitrogens with zero attached hydrogens (tertiary/aromatic N) is 1. The summed E-state index contributed by atoms with van der Waals surface area (Å²) in [6, 6.07) is 4.58. The fourth-order valence-corrected chi connectivity index (χ4v) is 4.40. The highest BCUT2D eigenvalue weighted by Crippen LogP contribution is 2.37. The van der Waals surface area contributed by atoms with Crippen LogP contribution in [-0.4, -0.2) is 49.0 Å². The second-order valence-corrected chi connectivity index (χ2v) is 7.30. The summed E-state index contributed by atoms with van der Waals surface area (Å²) in [5.41, 5.74) is 0.840. The molecule has 2 heterocycles. The lowest BCUT2D eigenvalue weighted by Gasteiger charge is -2.32. The van der Waals surface area contributed by atoms with E-state index >= 15 is 0 Å². The molecule has 0 bridgehead atoms. The minimum Gasteiger partial charge on any atom is -0.453 e. The molecule has 136 valence electrons.